The summed E-state index contributed by atoms with van der Waals surface area (Å²) in [4.78, 5) is 13.6. The Morgan fingerprint density at radius 1 is 1.41 bits per heavy atom. The lowest BCUT2D eigenvalue weighted by molar-refractivity contribution is 0.0953. The normalized spacial score (nSPS) is 20.5. The molecule has 2 rings (SSSR count). The number of likely N-dealkylation sites (tertiary alicyclic amines) is 1. The van der Waals surface area contributed by atoms with Crippen LogP contribution < -0.4 is 17.0 Å². The largest absolute Gasteiger partial charge is 0.326 e. The molecule has 0 saturated carbocycles. The molecule has 0 spiro atoms. The molecule has 0 aromatic heterocycles. The Labute approximate surface area is 101 Å². The standard InChI is InChI=1S/C12H18N4O/c13-11-5-6-16(8-11)7-9-1-3-10(4-2-9)12(17)15-14/h1-4,11H,5-8,13-14H2,(H,15,17). The van der Waals surface area contributed by atoms with Crippen LogP contribution in [-0.4, -0.2) is 29.9 Å². The van der Waals surface area contributed by atoms with Gasteiger partial charge in [-0.25, -0.2) is 5.84 Å². The maximum Gasteiger partial charge on any atom is 0.265 e. The predicted molar refractivity (Wildman–Crippen MR) is 66.0 cm³/mol. The van der Waals surface area contributed by atoms with Gasteiger partial charge in [0.2, 0.25) is 0 Å². The van der Waals surface area contributed by atoms with E-state index in [9.17, 15) is 4.79 Å². The molecular weight excluding hydrogens is 216 g/mol. The Bertz CT molecular complexity index is 390. The highest BCUT2D eigenvalue weighted by Crippen LogP contribution is 2.12. The fourth-order valence-electron chi connectivity index (χ4n) is 2.11. The van der Waals surface area contributed by atoms with Crippen LogP contribution in [0.15, 0.2) is 24.3 Å². The van der Waals surface area contributed by atoms with Gasteiger partial charge >= 0.3 is 0 Å². The van der Waals surface area contributed by atoms with Crippen LogP contribution in [0.1, 0.15) is 22.3 Å². The molecule has 0 radical (unpaired) electrons. The molecule has 1 heterocycles. The van der Waals surface area contributed by atoms with Crippen molar-refractivity contribution in [2.75, 3.05) is 13.1 Å². The molecule has 17 heavy (non-hydrogen) atoms. The zero-order valence-electron chi connectivity index (χ0n) is 9.73. The minimum atomic E-state index is -0.264. The van der Waals surface area contributed by atoms with E-state index in [4.69, 9.17) is 11.6 Å². The number of hydrogen-bond acceptors (Lipinski definition) is 4. The number of carbonyl (C=O) groups excluding carboxylic acids is 1. The minimum absolute atomic E-state index is 0.264. The summed E-state index contributed by atoms with van der Waals surface area (Å²) < 4.78 is 0. The van der Waals surface area contributed by atoms with Gasteiger partial charge in [-0.05, 0) is 24.1 Å². The van der Waals surface area contributed by atoms with E-state index in [1.807, 2.05) is 12.1 Å². The second-order valence-electron chi connectivity index (χ2n) is 4.45. The van der Waals surface area contributed by atoms with Crippen molar-refractivity contribution in [3.05, 3.63) is 35.4 Å². The van der Waals surface area contributed by atoms with E-state index in [0.717, 1.165) is 26.1 Å². The van der Waals surface area contributed by atoms with Crippen molar-refractivity contribution < 1.29 is 4.79 Å². The number of nitrogens with two attached hydrogens (primary N) is 2. The van der Waals surface area contributed by atoms with Gasteiger partial charge in [-0.15, -0.1) is 0 Å². The number of benzene rings is 1. The molecular formula is C12H18N4O. The van der Waals surface area contributed by atoms with Crippen molar-refractivity contribution in [2.24, 2.45) is 11.6 Å². The highest BCUT2D eigenvalue weighted by molar-refractivity contribution is 5.93. The molecule has 1 aromatic rings. The lowest BCUT2D eigenvalue weighted by Gasteiger charge is -2.15. The van der Waals surface area contributed by atoms with Gasteiger partial charge in [0.25, 0.3) is 5.91 Å². The first-order valence-electron chi connectivity index (χ1n) is 5.77. The number of hydrazine groups is 1. The SMILES string of the molecule is NNC(=O)c1ccc(CN2CCC(N)C2)cc1. The third-order valence-electron chi connectivity index (χ3n) is 3.06. The second kappa shape index (κ2) is 5.27. The molecule has 1 amide bonds. The zero-order chi connectivity index (χ0) is 12.3. The third-order valence-corrected chi connectivity index (χ3v) is 3.06. The minimum Gasteiger partial charge on any atom is -0.326 e. The molecule has 1 unspecified atom stereocenters. The monoisotopic (exact) mass is 234 g/mol. The molecule has 1 aliphatic heterocycles. The molecule has 1 aromatic carbocycles. The zero-order valence-corrected chi connectivity index (χ0v) is 9.73. The summed E-state index contributed by atoms with van der Waals surface area (Å²) in [5, 5.41) is 0. The molecule has 5 nitrogen and oxygen atoms in total. The summed E-state index contributed by atoms with van der Waals surface area (Å²) in [5.41, 5.74) is 9.73. The summed E-state index contributed by atoms with van der Waals surface area (Å²) in [5.74, 6) is 4.80. The van der Waals surface area contributed by atoms with Crippen LogP contribution in [0, 0.1) is 0 Å². The summed E-state index contributed by atoms with van der Waals surface area (Å²) >= 11 is 0. The van der Waals surface area contributed by atoms with Crippen LogP contribution in [0.2, 0.25) is 0 Å². The summed E-state index contributed by atoms with van der Waals surface area (Å²) in [6.07, 6.45) is 1.06. The first-order valence-corrected chi connectivity index (χ1v) is 5.77. The highest BCUT2D eigenvalue weighted by atomic mass is 16.2. The van der Waals surface area contributed by atoms with Gasteiger partial charge in [0.15, 0.2) is 0 Å². The molecule has 0 bridgehead atoms. The molecule has 1 fully saturated rings. The topological polar surface area (TPSA) is 84.4 Å². The molecule has 5 N–H and O–H groups in total. The maximum atomic E-state index is 11.2. The van der Waals surface area contributed by atoms with Gasteiger partial charge in [-0.2, -0.15) is 0 Å². The average molecular weight is 234 g/mol. The molecule has 92 valence electrons. The second-order valence-corrected chi connectivity index (χ2v) is 4.45. The van der Waals surface area contributed by atoms with Crippen molar-refractivity contribution in [1.82, 2.24) is 10.3 Å². The number of nitrogens with zero attached hydrogens (tertiary/aromatic N) is 1. The number of nitrogen functional groups attached to an aromatic ring is 1. The number of hydrogen-bond donors (Lipinski definition) is 3. The van der Waals surface area contributed by atoms with Gasteiger partial charge in [0.1, 0.15) is 0 Å². The number of rotatable bonds is 3. The molecule has 1 aliphatic rings. The number of amides is 1. The van der Waals surface area contributed by atoms with Gasteiger partial charge in [0, 0.05) is 31.2 Å². The van der Waals surface area contributed by atoms with Crippen LogP contribution in [0.3, 0.4) is 0 Å². The quantitative estimate of drug-likeness (QED) is 0.385. The lowest BCUT2D eigenvalue weighted by Crippen LogP contribution is -2.30. The Morgan fingerprint density at radius 2 is 2.12 bits per heavy atom. The molecule has 1 atom stereocenters. The molecule has 5 heteroatoms. The van der Waals surface area contributed by atoms with Gasteiger partial charge in [-0.1, -0.05) is 12.1 Å². The van der Waals surface area contributed by atoms with Crippen molar-refractivity contribution >= 4 is 5.91 Å². The van der Waals surface area contributed by atoms with Crippen molar-refractivity contribution in [3.8, 4) is 0 Å². The number of nitrogens with one attached hydrogen (secondary N) is 1. The Balaban J connectivity index is 1.96. The van der Waals surface area contributed by atoms with Gasteiger partial charge in [-0.3, -0.25) is 15.1 Å². The van der Waals surface area contributed by atoms with E-state index >= 15 is 0 Å². The van der Waals surface area contributed by atoms with Crippen LogP contribution in [-0.2, 0) is 6.54 Å². The van der Waals surface area contributed by atoms with E-state index in [2.05, 4.69) is 10.3 Å². The van der Waals surface area contributed by atoms with Crippen LogP contribution in [0.4, 0.5) is 0 Å². The van der Waals surface area contributed by atoms with Gasteiger partial charge < -0.3 is 5.73 Å². The molecule has 0 aliphatic carbocycles. The third kappa shape index (κ3) is 3.03. The Morgan fingerprint density at radius 3 is 2.65 bits per heavy atom. The van der Waals surface area contributed by atoms with E-state index in [1.54, 1.807) is 12.1 Å². The maximum absolute atomic E-state index is 11.2. The fraction of sp³-hybridized carbons (Fsp3) is 0.417. The number of carbonyl (C=O) groups is 1. The van der Waals surface area contributed by atoms with Gasteiger partial charge in [0.05, 0.1) is 0 Å². The highest BCUT2D eigenvalue weighted by Gasteiger charge is 2.18. The first-order chi connectivity index (χ1) is 8.19. The van der Waals surface area contributed by atoms with Crippen molar-refractivity contribution in [2.45, 2.75) is 19.0 Å². The van der Waals surface area contributed by atoms with Crippen molar-refractivity contribution in [3.63, 3.8) is 0 Å². The van der Waals surface area contributed by atoms with E-state index in [0.29, 0.717) is 11.6 Å². The predicted octanol–water partition coefficient (Wildman–Crippen LogP) is -0.177. The fourth-order valence-corrected chi connectivity index (χ4v) is 2.11. The summed E-state index contributed by atoms with van der Waals surface area (Å²) in [7, 11) is 0. The van der Waals surface area contributed by atoms with E-state index < -0.39 is 0 Å². The Kier molecular flexibility index (Phi) is 3.73. The lowest BCUT2D eigenvalue weighted by atomic mass is 10.1. The van der Waals surface area contributed by atoms with Crippen LogP contribution >= 0.6 is 0 Å². The smallest absolute Gasteiger partial charge is 0.265 e. The van der Waals surface area contributed by atoms with E-state index in [-0.39, 0.29) is 5.91 Å². The van der Waals surface area contributed by atoms with Crippen molar-refractivity contribution in [1.29, 1.82) is 0 Å². The first kappa shape index (κ1) is 12.0. The van der Waals surface area contributed by atoms with E-state index in [1.165, 1.54) is 5.56 Å². The summed E-state index contributed by atoms with van der Waals surface area (Å²) in [6, 6.07) is 7.78. The molecule has 1 saturated heterocycles. The summed E-state index contributed by atoms with van der Waals surface area (Å²) in [6.45, 7) is 2.88. The van der Waals surface area contributed by atoms with Crippen LogP contribution in [0.5, 0.6) is 0 Å². The van der Waals surface area contributed by atoms with Crippen LogP contribution in [0.25, 0.3) is 0 Å². The average Bonchev–Trinajstić information content (AvgIpc) is 2.75. The Hall–Kier alpha value is -1.43.